The molecule has 0 amide bonds. The monoisotopic (exact) mass is 269 g/mol. The highest BCUT2D eigenvalue weighted by Crippen LogP contribution is 2.31. The van der Waals surface area contributed by atoms with Gasteiger partial charge in [0.1, 0.15) is 5.82 Å². The molecule has 0 heterocycles. The first-order chi connectivity index (χ1) is 8.26. The second-order valence-electron chi connectivity index (χ2n) is 3.74. The van der Waals surface area contributed by atoms with Gasteiger partial charge in [-0.3, -0.25) is 0 Å². The molecule has 0 aliphatic carbocycles. The summed E-state index contributed by atoms with van der Waals surface area (Å²) in [7, 11) is 1.17. The summed E-state index contributed by atoms with van der Waals surface area (Å²) in [5.74, 6) is -2.30. The SMILES string of the molecule is COc1ccc(F)c([C@@H](N)CCC(F)(F)F)c1F. The molecule has 0 saturated carbocycles. The summed E-state index contributed by atoms with van der Waals surface area (Å²) < 4.78 is 67.7. The number of halogens is 5. The van der Waals surface area contributed by atoms with E-state index in [1.165, 1.54) is 7.11 Å². The molecule has 0 unspecified atom stereocenters. The molecule has 2 nitrogen and oxygen atoms in total. The number of alkyl halides is 3. The van der Waals surface area contributed by atoms with Crippen LogP contribution in [0.15, 0.2) is 12.1 Å². The van der Waals surface area contributed by atoms with Gasteiger partial charge in [-0.15, -0.1) is 0 Å². The Bertz CT molecular complexity index is 419. The van der Waals surface area contributed by atoms with E-state index < -0.39 is 42.3 Å². The van der Waals surface area contributed by atoms with E-state index in [2.05, 4.69) is 4.74 Å². The fourth-order valence-corrected chi connectivity index (χ4v) is 1.51. The molecule has 0 aliphatic heterocycles. The molecular weight excluding hydrogens is 257 g/mol. The third kappa shape index (κ3) is 3.56. The van der Waals surface area contributed by atoms with Crippen molar-refractivity contribution >= 4 is 0 Å². The van der Waals surface area contributed by atoms with Crippen LogP contribution in [0.3, 0.4) is 0 Å². The van der Waals surface area contributed by atoms with Crippen LogP contribution < -0.4 is 10.5 Å². The fraction of sp³-hybridized carbons (Fsp3) is 0.455. The molecule has 1 aromatic carbocycles. The van der Waals surface area contributed by atoms with Gasteiger partial charge in [0, 0.05) is 18.0 Å². The highest BCUT2D eigenvalue weighted by atomic mass is 19.4. The van der Waals surface area contributed by atoms with Crippen molar-refractivity contribution in [3.05, 3.63) is 29.3 Å². The first kappa shape index (κ1) is 14.7. The summed E-state index contributed by atoms with van der Waals surface area (Å²) in [6.07, 6.45) is -6.21. The lowest BCUT2D eigenvalue weighted by molar-refractivity contribution is -0.136. The number of methoxy groups -OCH3 is 1. The van der Waals surface area contributed by atoms with E-state index in [0.29, 0.717) is 0 Å². The van der Waals surface area contributed by atoms with Gasteiger partial charge in [0.15, 0.2) is 11.6 Å². The topological polar surface area (TPSA) is 35.2 Å². The van der Waals surface area contributed by atoms with Crippen molar-refractivity contribution in [1.82, 2.24) is 0 Å². The molecule has 7 heteroatoms. The lowest BCUT2D eigenvalue weighted by atomic mass is 10.0. The van der Waals surface area contributed by atoms with Gasteiger partial charge in [-0.1, -0.05) is 0 Å². The molecular formula is C11H12F5NO. The minimum atomic E-state index is -4.41. The van der Waals surface area contributed by atoms with Crippen molar-refractivity contribution in [2.45, 2.75) is 25.1 Å². The minimum Gasteiger partial charge on any atom is -0.494 e. The smallest absolute Gasteiger partial charge is 0.389 e. The predicted molar refractivity (Wildman–Crippen MR) is 55.1 cm³/mol. The summed E-state index contributed by atoms with van der Waals surface area (Å²) in [5, 5.41) is 0. The molecule has 0 aromatic heterocycles. The minimum absolute atomic E-state index is 0.256. The molecule has 0 saturated heterocycles. The zero-order valence-electron chi connectivity index (χ0n) is 9.52. The van der Waals surface area contributed by atoms with E-state index >= 15 is 0 Å². The summed E-state index contributed by atoms with van der Waals surface area (Å²) in [6, 6.07) is 0.580. The Morgan fingerprint density at radius 3 is 2.39 bits per heavy atom. The second kappa shape index (κ2) is 5.51. The Morgan fingerprint density at radius 2 is 1.89 bits per heavy atom. The maximum absolute atomic E-state index is 13.7. The summed E-state index contributed by atoms with van der Waals surface area (Å²) >= 11 is 0. The van der Waals surface area contributed by atoms with Gasteiger partial charge in [-0.05, 0) is 18.6 Å². The molecule has 0 fully saturated rings. The molecule has 1 aromatic rings. The Balaban J connectivity index is 2.94. The van der Waals surface area contributed by atoms with Crippen LogP contribution in [0.5, 0.6) is 5.75 Å². The number of ether oxygens (including phenoxy) is 1. The zero-order valence-corrected chi connectivity index (χ0v) is 9.52. The number of hydrogen-bond donors (Lipinski definition) is 1. The molecule has 102 valence electrons. The maximum Gasteiger partial charge on any atom is 0.389 e. The summed E-state index contributed by atoms with van der Waals surface area (Å²) in [5.41, 5.74) is 4.81. The van der Waals surface area contributed by atoms with E-state index in [4.69, 9.17) is 5.73 Å². The van der Waals surface area contributed by atoms with Crippen LogP contribution in [0.4, 0.5) is 22.0 Å². The zero-order chi connectivity index (χ0) is 13.9. The Morgan fingerprint density at radius 1 is 1.28 bits per heavy atom. The van der Waals surface area contributed by atoms with Crippen molar-refractivity contribution < 1.29 is 26.7 Å². The van der Waals surface area contributed by atoms with Crippen molar-refractivity contribution in [3.63, 3.8) is 0 Å². The van der Waals surface area contributed by atoms with E-state index in [1.54, 1.807) is 0 Å². The van der Waals surface area contributed by atoms with Crippen LogP contribution in [0.2, 0.25) is 0 Å². The average Bonchev–Trinajstić information content (AvgIpc) is 2.26. The lowest BCUT2D eigenvalue weighted by Crippen LogP contribution is -2.18. The van der Waals surface area contributed by atoms with Crippen LogP contribution in [0.1, 0.15) is 24.4 Å². The Labute approximate surface area is 101 Å². The van der Waals surface area contributed by atoms with E-state index in [1.807, 2.05) is 0 Å². The van der Waals surface area contributed by atoms with E-state index in [-0.39, 0.29) is 5.75 Å². The van der Waals surface area contributed by atoms with Crippen molar-refractivity contribution in [1.29, 1.82) is 0 Å². The standard InChI is InChI=1S/C11H12F5NO/c1-18-8-3-2-6(12)9(10(8)13)7(17)4-5-11(14,15)16/h2-3,7H,4-5,17H2,1H3/t7-/m0/s1. The first-order valence-electron chi connectivity index (χ1n) is 5.10. The Kier molecular flexibility index (Phi) is 4.50. The second-order valence-corrected chi connectivity index (χ2v) is 3.74. The van der Waals surface area contributed by atoms with Crippen molar-refractivity contribution in [3.8, 4) is 5.75 Å². The van der Waals surface area contributed by atoms with E-state index in [9.17, 15) is 22.0 Å². The normalized spacial score (nSPS) is 13.5. The van der Waals surface area contributed by atoms with Crippen molar-refractivity contribution in [2.75, 3.05) is 7.11 Å². The summed E-state index contributed by atoms with van der Waals surface area (Å²) in [6.45, 7) is 0. The van der Waals surface area contributed by atoms with Gasteiger partial charge >= 0.3 is 6.18 Å². The lowest BCUT2D eigenvalue weighted by Gasteiger charge is -2.16. The van der Waals surface area contributed by atoms with Crippen LogP contribution >= 0.6 is 0 Å². The highest BCUT2D eigenvalue weighted by molar-refractivity contribution is 5.34. The first-order valence-corrected chi connectivity index (χ1v) is 5.10. The van der Waals surface area contributed by atoms with Gasteiger partial charge < -0.3 is 10.5 Å². The molecule has 0 aliphatic rings. The quantitative estimate of drug-likeness (QED) is 0.851. The number of nitrogens with two attached hydrogens (primary N) is 1. The Hall–Kier alpha value is -1.37. The highest BCUT2D eigenvalue weighted by Gasteiger charge is 2.29. The molecule has 1 rings (SSSR count). The van der Waals surface area contributed by atoms with Crippen LogP contribution in [-0.4, -0.2) is 13.3 Å². The van der Waals surface area contributed by atoms with Gasteiger partial charge in [-0.25, -0.2) is 8.78 Å². The van der Waals surface area contributed by atoms with Crippen LogP contribution in [-0.2, 0) is 0 Å². The molecule has 0 radical (unpaired) electrons. The van der Waals surface area contributed by atoms with Crippen LogP contribution in [0.25, 0.3) is 0 Å². The van der Waals surface area contributed by atoms with Gasteiger partial charge in [0.2, 0.25) is 0 Å². The van der Waals surface area contributed by atoms with Gasteiger partial charge in [0.05, 0.1) is 7.11 Å². The molecule has 0 bridgehead atoms. The average molecular weight is 269 g/mol. The maximum atomic E-state index is 13.7. The molecule has 2 N–H and O–H groups in total. The van der Waals surface area contributed by atoms with E-state index in [0.717, 1.165) is 12.1 Å². The molecule has 0 spiro atoms. The van der Waals surface area contributed by atoms with Crippen LogP contribution in [0, 0.1) is 11.6 Å². The molecule has 18 heavy (non-hydrogen) atoms. The fourth-order valence-electron chi connectivity index (χ4n) is 1.51. The number of hydrogen-bond acceptors (Lipinski definition) is 2. The summed E-state index contributed by atoms with van der Waals surface area (Å²) in [4.78, 5) is 0. The van der Waals surface area contributed by atoms with Gasteiger partial charge in [0.25, 0.3) is 0 Å². The number of benzene rings is 1. The number of rotatable bonds is 4. The third-order valence-electron chi connectivity index (χ3n) is 2.42. The molecule has 1 atom stereocenters. The largest absolute Gasteiger partial charge is 0.494 e. The van der Waals surface area contributed by atoms with Crippen molar-refractivity contribution in [2.24, 2.45) is 5.73 Å². The van der Waals surface area contributed by atoms with Gasteiger partial charge in [-0.2, -0.15) is 13.2 Å². The third-order valence-corrected chi connectivity index (χ3v) is 2.42. The predicted octanol–water partition coefficient (Wildman–Crippen LogP) is 3.32.